The summed E-state index contributed by atoms with van der Waals surface area (Å²) in [7, 11) is 0. The first-order valence-electron chi connectivity index (χ1n) is 8.30. The third-order valence-electron chi connectivity index (χ3n) is 4.78. The standard InChI is InChI=1S/C20H18N2O3/c23-17-7-5-15(16-6-8-19(25)22-20(16)17)18(24)11-21-14-9-12-3-1-2-4-13(12)10-14/h1-8,14,21,23H,9-11H2,(H,22,25). The Hall–Kier alpha value is -2.92. The molecule has 1 heterocycles. The average molecular weight is 334 g/mol. The van der Waals surface area contributed by atoms with E-state index in [2.05, 4.69) is 22.4 Å². The van der Waals surface area contributed by atoms with Crippen LogP contribution >= 0.6 is 0 Å². The highest BCUT2D eigenvalue weighted by atomic mass is 16.3. The molecule has 126 valence electrons. The second-order valence-electron chi connectivity index (χ2n) is 6.42. The molecule has 5 heteroatoms. The number of nitrogens with one attached hydrogen (secondary N) is 2. The summed E-state index contributed by atoms with van der Waals surface area (Å²) in [4.78, 5) is 26.7. The van der Waals surface area contributed by atoms with Gasteiger partial charge in [-0.3, -0.25) is 9.59 Å². The molecule has 0 aliphatic heterocycles. The van der Waals surface area contributed by atoms with E-state index in [0.29, 0.717) is 16.5 Å². The molecular weight excluding hydrogens is 316 g/mol. The molecule has 0 unspecified atom stereocenters. The summed E-state index contributed by atoms with van der Waals surface area (Å²) in [6, 6.07) is 14.6. The summed E-state index contributed by atoms with van der Waals surface area (Å²) in [6.07, 6.45) is 1.85. The van der Waals surface area contributed by atoms with Gasteiger partial charge in [-0.25, -0.2) is 0 Å². The summed E-state index contributed by atoms with van der Waals surface area (Å²) >= 11 is 0. The second-order valence-corrected chi connectivity index (χ2v) is 6.42. The van der Waals surface area contributed by atoms with Crippen LogP contribution in [0.5, 0.6) is 5.75 Å². The number of fused-ring (bicyclic) bond motifs is 2. The highest BCUT2D eigenvalue weighted by Crippen LogP contribution is 2.25. The molecule has 3 N–H and O–H groups in total. The van der Waals surface area contributed by atoms with Crippen molar-refractivity contribution < 1.29 is 9.90 Å². The van der Waals surface area contributed by atoms with Gasteiger partial charge in [0.15, 0.2) is 5.78 Å². The molecule has 0 fully saturated rings. The number of phenolic OH excluding ortho intramolecular Hbond substituents is 1. The lowest BCUT2D eigenvalue weighted by molar-refractivity contribution is 0.0989. The zero-order chi connectivity index (χ0) is 17.4. The number of aromatic amines is 1. The number of phenols is 1. The number of aromatic nitrogens is 1. The number of carbonyl (C=O) groups is 1. The van der Waals surface area contributed by atoms with E-state index in [9.17, 15) is 14.7 Å². The lowest BCUT2D eigenvalue weighted by Crippen LogP contribution is -2.34. The minimum atomic E-state index is -0.311. The van der Waals surface area contributed by atoms with Gasteiger partial charge < -0.3 is 15.4 Å². The maximum atomic E-state index is 12.6. The van der Waals surface area contributed by atoms with Crippen LogP contribution in [0, 0.1) is 0 Å². The Kier molecular flexibility index (Phi) is 3.86. The first kappa shape index (κ1) is 15.6. The number of hydrogen-bond acceptors (Lipinski definition) is 4. The van der Waals surface area contributed by atoms with E-state index in [4.69, 9.17) is 0 Å². The summed E-state index contributed by atoms with van der Waals surface area (Å²) in [5, 5.41) is 13.8. The van der Waals surface area contributed by atoms with Crippen molar-refractivity contribution in [3.8, 4) is 5.75 Å². The molecule has 2 aromatic carbocycles. The topological polar surface area (TPSA) is 82.2 Å². The normalized spacial score (nSPS) is 13.9. The van der Waals surface area contributed by atoms with Gasteiger partial charge in [0, 0.05) is 23.1 Å². The quantitative estimate of drug-likeness (QED) is 0.639. The largest absolute Gasteiger partial charge is 0.506 e. The number of rotatable bonds is 4. The number of pyridine rings is 1. The number of H-pyrrole nitrogens is 1. The molecule has 25 heavy (non-hydrogen) atoms. The fourth-order valence-corrected chi connectivity index (χ4v) is 3.51. The van der Waals surface area contributed by atoms with Crippen molar-refractivity contribution in [3.63, 3.8) is 0 Å². The van der Waals surface area contributed by atoms with E-state index in [-0.39, 0.29) is 29.7 Å². The molecule has 0 atom stereocenters. The first-order valence-corrected chi connectivity index (χ1v) is 8.30. The summed E-state index contributed by atoms with van der Waals surface area (Å²) in [5.41, 5.74) is 3.15. The van der Waals surface area contributed by atoms with Crippen molar-refractivity contribution in [2.75, 3.05) is 6.54 Å². The van der Waals surface area contributed by atoms with Crippen molar-refractivity contribution in [2.45, 2.75) is 18.9 Å². The lowest BCUT2D eigenvalue weighted by Gasteiger charge is -2.12. The van der Waals surface area contributed by atoms with Crippen LogP contribution in [0.1, 0.15) is 21.5 Å². The molecule has 4 rings (SSSR count). The molecule has 0 saturated heterocycles. The van der Waals surface area contributed by atoms with Gasteiger partial charge >= 0.3 is 0 Å². The molecule has 0 bridgehead atoms. The van der Waals surface area contributed by atoms with Gasteiger partial charge in [0.1, 0.15) is 5.75 Å². The predicted molar refractivity (Wildman–Crippen MR) is 96.2 cm³/mol. The number of aromatic hydroxyl groups is 1. The fraction of sp³-hybridized carbons (Fsp3) is 0.200. The zero-order valence-corrected chi connectivity index (χ0v) is 13.6. The predicted octanol–water partition coefficient (Wildman–Crippen LogP) is 2.17. The third kappa shape index (κ3) is 2.94. The van der Waals surface area contributed by atoms with Crippen LogP contribution in [0.3, 0.4) is 0 Å². The van der Waals surface area contributed by atoms with Crippen LogP contribution in [0.25, 0.3) is 10.9 Å². The number of benzene rings is 2. The highest BCUT2D eigenvalue weighted by molar-refractivity contribution is 6.09. The smallest absolute Gasteiger partial charge is 0.248 e. The SMILES string of the molecule is O=C(CNC1Cc2ccccc2C1)c1ccc(O)c2[nH]c(=O)ccc12. The summed E-state index contributed by atoms with van der Waals surface area (Å²) in [6.45, 7) is 0.220. The number of hydrogen-bond donors (Lipinski definition) is 3. The monoisotopic (exact) mass is 334 g/mol. The number of Topliss-reactive ketones (excluding diaryl/α,β-unsaturated/α-hetero) is 1. The fourth-order valence-electron chi connectivity index (χ4n) is 3.51. The van der Waals surface area contributed by atoms with E-state index >= 15 is 0 Å². The molecule has 0 saturated carbocycles. The second kappa shape index (κ2) is 6.18. The maximum absolute atomic E-state index is 12.6. The first-order chi connectivity index (χ1) is 12.1. The average Bonchev–Trinajstić information content (AvgIpc) is 3.03. The van der Waals surface area contributed by atoms with Gasteiger partial charge in [0.05, 0.1) is 12.1 Å². The Morgan fingerprint density at radius 3 is 2.52 bits per heavy atom. The van der Waals surface area contributed by atoms with Crippen LogP contribution in [-0.2, 0) is 12.8 Å². The van der Waals surface area contributed by atoms with E-state index in [0.717, 1.165) is 12.8 Å². The minimum absolute atomic E-state index is 0.0385. The van der Waals surface area contributed by atoms with Crippen molar-refractivity contribution in [1.82, 2.24) is 10.3 Å². The van der Waals surface area contributed by atoms with Crippen molar-refractivity contribution >= 4 is 16.7 Å². The van der Waals surface area contributed by atoms with Gasteiger partial charge in [-0.05, 0) is 42.2 Å². The molecule has 3 aromatic rings. The van der Waals surface area contributed by atoms with E-state index in [1.807, 2.05) is 12.1 Å². The van der Waals surface area contributed by atoms with Gasteiger partial charge in [-0.15, -0.1) is 0 Å². The Morgan fingerprint density at radius 2 is 1.80 bits per heavy atom. The van der Waals surface area contributed by atoms with Gasteiger partial charge in [-0.2, -0.15) is 0 Å². The van der Waals surface area contributed by atoms with Crippen molar-refractivity contribution in [3.05, 3.63) is 75.6 Å². The molecule has 5 nitrogen and oxygen atoms in total. The Bertz CT molecular complexity index is 998. The minimum Gasteiger partial charge on any atom is -0.506 e. The summed E-state index contributed by atoms with van der Waals surface area (Å²) < 4.78 is 0. The molecule has 0 radical (unpaired) electrons. The van der Waals surface area contributed by atoms with Gasteiger partial charge in [-0.1, -0.05) is 24.3 Å². The van der Waals surface area contributed by atoms with Crippen LogP contribution in [0.4, 0.5) is 0 Å². The Labute approximate surface area is 144 Å². The van der Waals surface area contributed by atoms with E-state index in [1.165, 1.54) is 23.3 Å². The number of carbonyl (C=O) groups excluding carboxylic acids is 1. The van der Waals surface area contributed by atoms with E-state index in [1.54, 1.807) is 12.1 Å². The maximum Gasteiger partial charge on any atom is 0.248 e. The third-order valence-corrected chi connectivity index (χ3v) is 4.78. The molecule has 0 amide bonds. The van der Waals surface area contributed by atoms with Crippen LogP contribution in [0.15, 0.2) is 53.3 Å². The van der Waals surface area contributed by atoms with Crippen LogP contribution < -0.4 is 10.9 Å². The lowest BCUT2D eigenvalue weighted by atomic mass is 10.0. The Morgan fingerprint density at radius 1 is 1.08 bits per heavy atom. The van der Waals surface area contributed by atoms with Crippen molar-refractivity contribution in [2.24, 2.45) is 0 Å². The van der Waals surface area contributed by atoms with E-state index < -0.39 is 0 Å². The van der Waals surface area contributed by atoms with Crippen molar-refractivity contribution in [1.29, 1.82) is 0 Å². The zero-order valence-electron chi connectivity index (χ0n) is 13.6. The van der Waals surface area contributed by atoms with Gasteiger partial charge in [0.25, 0.3) is 0 Å². The molecule has 1 aromatic heterocycles. The highest BCUT2D eigenvalue weighted by Gasteiger charge is 2.21. The molecular formula is C20H18N2O3. The molecule has 1 aliphatic carbocycles. The number of ketones is 1. The Balaban J connectivity index is 1.52. The molecule has 0 spiro atoms. The van der Waals surface area contributed by atoms with Crippen LogP contribution in [-0.4, -0.2) is 28.5 Å². The van der Waals surface area contributed by atoms with Crippen LogP contribution in [0.2, 0.25) is 0 Å². The summed E-state index contributed by atoms with van der Waals surface area (Å²) in [5.74, 6) is -0.101. The van der Waals surface area contributed by atoms with Gasteiger partial charge in [0.2, 0.25) is 5.56 Å². The molecule has 1 aliphatic rings.